The Morgan fingerprint density at radius 3 is 2.56 bits per heavy atom. The van der Waals surface area contributed by atoms with Gasteiger partial charge in [-0.05, 0) is 73.9 Å². The molecule has 0 spiro atoms. The number of carbonyl (C=O) groups is 1. The van der Waals surface area contributed by atoms with Crippen molar-refractivity contribution in [2.75, 3.05) is 19.1 Å². The van der Waals surface area contributed by atoms with E-state index in [1.165, 1.54) is 23.7 Å². The van der Waals surface area contributed by atoms with Crippen LogP contribution in [-0.4, -0.2) is 39.3 Å². The Balaban J connectivity index is 2.61. The van der Waals surface area contributed by atoms with Gasteiger partial charge in [-0.2, -0.15) is 0 Å². The zero-order valence-electron chi connectivity index (χ0n) is 15.3. The lowest BCUT2D eigenvalue weighted by atomic mass is 9.96. The zero-order chi connectivity index (χ0) is 18.8. The predicted molar refractivity (Wildman–Crippen MR) is 111 cm³/mol. The standard InChI is InChI=1S/C18H23NO3S3/c1-7-25-17(23)22-15-14(16(20)19(24-6)18(15,3)4)13-9-8-12(21-5)10-11(13)2/h8-10H,7H2,1-6H3. The topological polar surface area (TPSA) is 38.8 Å². The van der Waals surface area contributed by atoms with Crippen LogP contribution in [0, 0.1) is 6.92 Å². The molecule has 0 saturated heterocycles. The minimum Gasteiger partial charge on any atom is -0.497 e. The molecule has 0 aliphatic carbocycles. The minimum atomic E-state index is -0.587. The molecule has 1 aliphatic heterocycles. The van der Waals surface area contributed by atoms with E-state index in [2.05, 4.69) is 0 Å². The highest BCUT2D eigenvalue weighted by Gasteiger charge is 2.48. The maximum absolute atomic E-state index is 13.1. The van der Waals surface area contributed by atoms with Crippen LogP contribution in [0.1, 0.15) is 31.9 Å². The average molecular weight is 398 g/mol. The van der Waals surface area contributed by atoms with Gasteiger partial charge in [0, 0.05) is 6.26 Å². The van der Waals surface area contributed by atoms with Gasteiger partial charge in [0.2, 0.25) is 4.38 Å². The summed E-state index contributed by atoms with van der Waals surface area (Å²) in [5.74, 6) is 2.12. The number of amides is 1. The third kappa shape index (κ3) is 3.83. The van der Waals surface area contributed by atoms with Gasteiger partial charge in [-0.15, -0.1) is 0 Å². The Bertz CT molecular complexity index is 728. The van der Waals surface area contributed by atoms with E-state index in [1.54, 1.807) is 11.4 Å². The highest BCUT2D eigenvalue weighted by Crippen LogP contribution is 2.45. The van der Waals surface area contributed by atoms with Crippen LogP contribution < -0.4 is 4.74 Å². The number of hydrogen-bond donors (Lipinski definition) is 0. The number of thioether (sulfide) groups is 1. The summed E-state index contributed by atoms with van der Waals surface area (Å²) in [5, 5.41) is 0. The quantitative estimate of drug-likeness (QED) is 0.531. The fourth-order valence-electron chi connectivity index (χ4n) is 2.85. The molecule has 0 N–H and O–H groups in total. The second-order valence-corrected chi connectivity index (χ2v) is 8.61. The van der Waals surface area contributed by atoms with Gasteiger partial charge in [0.05, 0.1) is 12.7 Å². The van der Waals surface area contributed by atoms with Crippen LogP contribution in [0.4, 0.5) is 0 Å². The number of hydrogen-bond acceptors (Lipinski definition) is 6. The summed E-state index contributed by atoms with van der Waals surface area (Å²) in [6.45, 7) is 7.93. The van der Waals surface area contributed by atoms with Gasteiger partial charge in [0.25, 0.3) is 5.91 Å². The molecule has 0 bridgehead atoms. The fraction of sp³-hybridized carbons (Fsp3) is 0.444. The maximum atomic E-state index is 13.1. The van der Waals surface area contributed by atoms with E-state index in [0.29, 0.717) is 15.7 Å². The van der Waals surface area contributed by atoms with E-state index in [-0.39, 0.29) is 5.91 Å². The molecule has 0 unspecified atom stereocenters. The molecule has 2 rings (SSSR count). The molecule has 1 heterocycles. The van der Waals surface area contributed by atoms with E-state index in [9.17, 15) is 4.79 Å². The lowest BCUT2D eigenvalue weighted by Gasteiger charge is -2.31. The summed E-state index contributed by atoms with van der Waals surface area (Å²) < 4.78 is 13.5. The Morgan fingerprint density at radius 2 is 2.04 bits per heavy atom. The van der Waals surface area contributed by atoms with Gasteiger partial charge >= 0.3 is 0 Å². The van der Waals surface area contributed by atoms with E-state index in [1.807, 2.05) is 52.1 Å². The van der Waals surface area contributed by atoms with Crippen molar-refractivity contribution in [2.24, 2.45) is 0 Å². The fourth-order valence-corrected chi connectivity index (χ4v) is 4.46. The van der Waals surface area contributed by atoms with Gasteiger partial charge in [-0.1, -0.05) is 24.8 Å². The maximum Gasteiger partial charge on any atom is 0.268 e. The van der Waals surface area contributed by atoms with E-state index < -0.39 is 5.54 Å². The van der Waals surface area contributed by atoms with Crippen LogP contribution >= 0.6 is 35.9 Å². The minimum absolute atomic E-state index is 0.0648. The summed E-state index contributed by atoms with van der Waals surface area (Å²) in [4.78, 5) is 13.1. The van der Waals surface area contributed by atoms with Crippen molar-refractivity contribution in [1.82, 2.24) is 4.31 Å². The van der Waals surface area contributed by atoms with Crippen LogP contribution in [-0.2, 0) is 9.53 Å². The summed E-state index contributed by atoms with van der Waals surface area (Å²) in [5.41, 5.74) is 1.78. The molecule has 7 heteroatoms. The third-order valence-corrected chi connectivity index (χ3v) is 6.05. The Morgan fingerprint density at radius 1 is 1.36 bits per heavy atom. The van der Waals surface area contributed by atoms with Gasteiger partial charge in [0.1, 0.15) is 17.0 Å². The van der Waals surface area contributed by atoms with E-state index in [4.69, 9.17) is 21.7 Å². The van der Waals surface area contributed by atoms with Crippen LogP contribution in [0.3, 0.4) is 0 Å². The van der Waals surface area contributed by atoms with Crippen molar-refractivity contribution >= 4 is 51.8 Å². The first kappa shape index (κ1) is 20.1. The SMILES string of the molecule is CCSC(=S)OC1=C(c2ccc(OC)cc2C)C(=O)N(SC)C1(C)C. The molecular weight excluding hydrogens is 374 g/mol. The Kier molecular flexibility index (Phi) is 6.45. The summed E-state index contributed by atoms with van der Waals surface area (Å²) in [7, 11) is 1.63. The Labute approximate surface area is 163 Å². The molecule has 1 aromatic carbocycles. The first-order chi connectivity index (χ1) is 11.8. The summed E-state index contributed by atoms with van der Waals surface area (Å²) in [6.07, 6.45) is 1.89. The van der Waals surface area contributed by atoms with E-state index >= 15 is 0 Å². The first-order valence-corrected chi connectivity index (χ1v) is 10.5. The van der Waals surface area contributed by atoms with Gasteiger partial charge < -0.3 is 9.47 Å². The molecule has 25 heavy (non-hydrogen) atoms. The molecule has 0 fully saturated rings. The second kappa shape index (κ2) is 8.01. The molecule has 1 aliphatic rings. The van der Waals surface area contributed by atoms with Crippen molar-refractivity contribution < 1.29 is 14.3 Å². The highest BCUT2D eigenvalue weighted by molar-refractivity contribution is 8.22. The van der Waals surface area contributed by atoms with E-state index in [0.717, 1.165) is 22.6 Å². The highest BCUT2D eigenvalue weighted by atomic mass is 32.2. The normalized spacial score (nSPS) is 16.4. The zero-order valence-corrected chi connectivity index (χ0v) is 17.8. The number of nitrogens with zero attached hydrogens (tertiary/aromatic N) is 1. The van der Waals surface area contributed by atoms with Crippen LogP contribution in [0.15, 0.2) is 24.0 Å². The molecule has 136 valence electrons. The summed E-state index contributed by atoms with van der Waals surface area (Å²) in [6, 6.07) is 5.68. The molecule has 0 radical (unpaired) electrons. The predicted octanol–water partition coefficient (Wildman–Crippen LogP) is 4.67. The van der Waals surface area contributed by atoms with Crippen molar-refractivity contribution in [3.05, 3.63) is 35.1 Å². The molecule has 0 aromatic heterocycles. The number of rotatable bonds is 5. The number of methoxy groups -OCH3 is 1. The lowest BCUT2D eigenvalue weighted by Crippen LogP contribution is -2.39. The van der Waals surface area contributed by atoms with Gasteiger partial charge in [-0.25, -0.2) is 0 Å². The van der Waals surface area contributed by atoms with Crippen molar-refractivity contribution in [2.45, 2.75) is 33.2 Å². The monoisotopic (exact) mass is 397 g/mol. The molecular formula is C18H23NO3S3. The molecule has 0 saturated carbocycles. The number of thiocarbonyl (C=S) groups is 1. The summed E-state index contributed by atoms with van der Waals surface area (Å²) >= 11 is 8.18. The van der Waals surface area contributed by atoms with Crippen molar-refractivity contribution in [3.8, 4) is 5.75 Å². The molecule has 4 nitrogen and oxygen atoms in total. The second-order valence-electron chi connectivity index (χ2n) is 6.01. The molecule has 1 aromatic rings. The first-order valence-electron chi connectivity index (χ1n) is 7.90. The number of aryl methyl sites for hydroxylation is 1. The Hall–Kier alpha value is -1.18. The smallest absolute Gasteiger partial charge is 0.268 e. The lowest BCUT2D eigenvalue weighted by molar-refractivity contribution is -0.121. The third-order valence-electron chi connectivity index (χ3n) is 4.02. The average Bonchev–Trinajstić information content (AvgIpc) is 2.73. The molecule has 1 amide bonds. The largest absolute Gasteiger partial charge is 0.497 e. The van der Waals surface area contributed by atoms with Crippen molar-refractivity contribution in [3.63, 3.8) is 0 Å². The van der Waals surface area contributed by atoms with Crippen molar-refractivity contribution in [1.29, 1.82) is 0 Å². The van der Waals surface area contributed by atoms with Crippen LogP contribution in [0.2, 0.25) is 0 Å². The van der Waals surface area contributed by atoms with Crippen LogP contribution in [0.5, 0.6) is 5.75 Å². The van der Waals surface area contributed by atoms with Crippen LogP contribution in [0.25, 0.3) is 5.57 Å². The number of carbonyl (C=O) groups excluding carboxylic acids is 1. The molecule has 0 atom stereocenters. The van der Waals surface area contributed by atoms with Gasteiger partial charge in [0.15, 0.2) is 0 Å². The number of benzene rings is 1. The van der Waals surface area contributed by atoms with Gasteiger partial charge in [-0.3, -0.25) is 9.10 Å². The number of ether oxygens (including phenoxy) is 2.